The van der Waals surface area contributed by atoms with E-state index in [0.717, 1.165) is 41.4 Å². The lowest BCUT2D eigenvalue weighted by Gasteiger charge is -2.09. The average molecular weight is 326 g/mol. The molecule has 9 heteroatoms. The van der Waals surface area contributed by atoms with Crippen LogP contribution in [0.25, 0.3) is 0 Å². The minimum Gasteiger partial charge on any atom is -0.311 e. The first-order valence-corrected chi connectivity index (χ1v) is 8.92. The topological polar surface area (TPSA) is 94.9 Å². The Bertz CT molecular complexity index is 761. The number of hydrogen-bond donors (Lipinski definition) is 2. The van der Waals surface area contributed by atoms with Crippen LogP contribution in [0.2, 0.25) is 0 Å². The van der Waals surface area contributed by atoms with Crippen molar-refractivity contribution in [2.45, 2.75) is 17.2 Å². The molecule has 0 radical (unpaired) electrons. The summed E-state index contributed by atoms with van der Waals surface area (Å²) in [5.74, 6) is 0. The summed E-state index contributed by atoms with van der Waals surface area (Å²) in [6.07, 6.45) is 0.811. The van der Waals surface area contributed by atoms with Crippen LogP contribution >= 0.6 is 22.7 Å². The number of rotatable bonds is 3. The zero-order chi connectivity index (χ0) is 14.2. The van der Waals surface area contributed by atoms with Crippen LogP contribution in [0.4, 0.5) is 5.13 Å². The fourth-order valence-electron chi connectivity index (χ4n) is 1.86. The fourth-order valence-corrected chi connectivity index (χ4v) is 5.17. The lowest BCUT2D eigenvalue weighted by molar-refractivity contribution is 0.603. The van der Waals surface area contributed by atoms with Crippen molar-refractivity contribution in [1.82, 2.24) is 10.3 Å². The van der Waals surface area contributed by atoms with Gasteiger partial charge in [0.2, 0.25) is 0 Å². The summed E-state index contributed by atoms with van der Waals surface area (Å²) in [5.41, 5.74) is 0.954. The summed E-state index contributed by atoms with van der Waals surface area (Å²) in [6.45, 7) is 1.59. The average Bonchev–Trinajstić information content (AvgIpc) is 3.04. The molecule has 0 aromatic carbocycles. The third-order valence-electron chi connectivity index (χ3n) is 2.78. The van der Waals surface area contributed by atoms with E-state index in [1.807, 2.05) is 6.07 Å². The van der Waals surface area contributed by atoms with Crippen LogP contribution in [0.1, 0.15) is 15.4 Å². The first-order valence-electron chi connectivity index (χ1n) is 5.80. The molecule has 104 valence electrons. The van der Waals surface area contributed by atoms with Gasteiger partial charge >= 0.3 is 0 Å². The van der Waals surface area contributed by atoms with E-state index in [4.69, 9.17) is 5.26 Å². The van der Waals surface area contributed by atoms with E-state index >= 15 is 0 Å². The molecule has 0 spiro atoms. The molecule has 0 bridgehead atoms. The van der Waals surface area contributed by atoms with Gasteiger partial charge in [-0.3, -0.25) is 4.72 Å². The summed E-state index contributed by atoms with van der Waals surface area (Å²) in [5, 5.41) is 12.3. The number of nitriles is 1. The van der Waals surface area contributed by atoms with Crippen LogP contribution in [-0.4, -0.2) is 19.9 Å². The summed E-state index contributed by atoms with van der Waals surface area (Å²) < 4.78 is 27.0. The van der Waals surface area contributed by atoms with Crippen LogP contribution in [0.15, 0.2) is 16.3 Å². The SMILES string of the molecule is N#Cc1ccc(S(=O)(=O)Nc2nc3c(s2)CNCC3)s1. The highest BCUT2D eigenvalue weighted by molar-refractivity contribution is 7.94. The number of sulfonamides is 1. The molecule has 0 saturated carbocycles. The number of aromatic nitrogens is 1. The molecule has 3 heterocycles. The predicted molar refractivity (Wildman–Crippen MR) is 77.4 cm³/mol. The van der Waals surface area contributed by atoms with Gasteiger partial charge in [0.1, 0.15) is 15.2 Å². The van der Waals surface area contributed by atoms with Crippen LogP contribution in [0.5, 0.6) is 0 Å². The van der Waals surface area contributed by atoms with E-state index in [2.05, 4.69) is 15.0 Å². The fraction of sp³-hybridized carbons (Fsp3) is 0.273. The van der Waals surface area contributed by atoms with E-state index in [-0.39, 0.29) is 4.21 Å². The number of anilines is 1. The molecular weight excluding hydrogens is 316 g/mol. The second-order valence-corrected chi connectivity index (χ2v) is 8.23. The molecule has 1 aliphatic rings. The molecule has 0 aliphatic carbocycles. The van der Waals surface area contributed by atoms with E-state index in [1.165, 1.54) is 23.5 Å². The number of nitrogens with one attached hydrogen (secondary N) is 2. The Morgan fingerprint density at radius 2 is 2.25 bits per heavy atom. The predicted octanol–water partition coefficient (Wildman–Crippen LogP) is 1.52. The van der Waals surface area contributed by atoms with Crippen LogP contribution in [0.3, 0.4) is 0 Å². The van der Waals surface area contributed by atoms with Crippen LogP contribution in [-0.2, 0) is 23.0 Å². The van der Waals surface area contributed by atoms with Crippen molar-refractivity contribution in [3.8, 4) is 6.07 Å². The molecule has 2 N–H and O–H groups in total. The van der Waals surface area contributed by atoms with Gasteiger partial charge in [-0.15, -0.1) is 11.3 Å². The summed E-state index contributed by atoms with van der Waals surface area (Å²) in [7, 11) is -3.66. The molecule has 0 saturated heterocycles. The third kappa shape index (κ3) is 2.55. The lowest BCUT2D eigenvalue weighted by atomic mass is 10.2. The minimum absolute atomic E-state index is 0.125. The summed E-state index contributed by atoms with van der Waals surface area (Å²) in [6, 6.07) is 4.86. The smallest absolute Gasteiger partial charge is 0.273 e. The van der Waals surface area contributed by atoms with Crippen molar-refractivity contribution in [1.29, 1.82) is 5.26 Å². The van der Waals surface area contributed by atoms with Gasteiger partial charge in [0.05, 0.1) is 5.69 Å². The molecule has 0 fully saturated rings. The van der Waals surface area contributed by atoms with Crippen molar-refractivity contribution in [2.75, 3.05) is 11.3 Å². The van der Waals surface area contributed by atoms with Crippen LogP contribution < -0.4 is 10.0 Å². The summed E-state index contributed by atoms with van der Waals surface area (Å²) >= 11 is 2.29. The molecule has 3 rings (SSSR count). The molecule has 6 nitrogen and oxygen atoms in total. The van der Waals surface area contributed by atoms with E-state index < -0.39 is 10.0 Å². The van der Waals surface area contributed by atoms with Crippen molar-refractivity contribution >= 4 is 37.8 Å². The van der Waals surface area contributed by atoms with Gasteiger partial charge < -0.3 is 5.32 Å². The van der Waals surface area contributed by atoms with Gasteiger partial charge in [0, 0.05) is 24.4 Å². The molecule has 2 aromatic rings. The van der Waals surface area contributed by atoms with Crippen molar-refractivity contribution in [3.05, 3.63) is 27.6 Å². The van der Waals surface area contributed by atoms with Crippen molar-refractivity contribution < 1.29 is 8.42 Å². The normalized spacial score (nSPS) is 14.6. The second-order valence-electron chi connectivity index (χ2n) is 4.15. The van der Waals surface area contributed by atoms with Gasteiger partial charge in [0.25, 0.3) is 10.0 Å². The maximum absolute atomic E-state index is 12.2. The number of thiophene rings is 1. The first kappa shape index (κ1) is 13.5. The van der Waals surface area contributed by atoms with Gasteiger partial charge in [-0.1, -0.05) is 11.3 Å². The number of nitrogens with zero attached hydrogens (tertiary/aromatic N) is 2. The van der Waals surface area contributed by atoms with Gasteiger partial charge in [-0.2, -0.15) is 5.26 Å². The van der Waals surface area contributed by atoms with Gasteiger partial charge in [0.15, 0.2) is 5.13 Å². The Balaban J connectivity index is 1.86. The highest BCUT2D eigenvalue weighted by Crippen LogP contribution is 2.29. The maximum Gasteiger partial charge on any atom is 0.273 e. The lowest BCUT2D eigenvalue weighted by Crippen LogP contribution is -2.22. The zero-order valence-corrected chi connectivity index (χ0v) is 12.7. The third-order valence-corrected chi connectivity index (χ3v) is 6.74. The monoisotopic (exact) mass is 326 g/mol. The molecule has 0 amide bonds. The van der Waals surface area contributed by atoms with Gasteiger partial charge in [-0.25, -0.2) is 13.4 Å². The van der Waals surface area contributed by atoms with E-state index in [1.54, 1.807) is 0 Å². The zero-order valence-electron chi connectivity index (χ0n) is 10.2. The Morgan fingerprint density at radius 3 is 2.95 bits per heavy atom. The minimum atomic E-state index is -3.66. The molecule has 2 aromatic heterocycles. The number of hydrogen-bond acceptors (Lipinski definition) is 7. The second kappa shape index (κ2) is 5.14. The maximum atomic E-state index is 12.2. The Morgan fingerprint density at radius 1 is 1.40 bits per heavy atom. The Hall–Kier alpha value is -1.47. The number of fused-ring (bicyclic) bond motifs is 1. The highest BCUT2D eigenvalue weighted by atomic mass is 32.2. The standard InChI is InChI=1S/C11H10N4O2S3/c12-5-7-1-2-10(18-7)20(16,17)15-11-14-8-3-4-13-6-9(8)19-11/h1-2,13H,3-4,6H2,(H,14,15). The number of thiazole rings is 1. The van der Waals surface area contributed by atoms with Crippen molar-refractivity contribution in [3.63, 3.8) is 0 Å². The van der Waals surface area contributed by atoms with E-state index in [0.29, 0.717) is 10.0 Å². The van der Waals surface area contributed by atoms with Crippen LogP contribution in [0, 0.1) is 11.3 Å². The Kier molecular flexibility index (Phi) is 3.47. The Labute approximate surface area is 124 Å². The first-order chi connectivity index (χ1) is 9.58. The largest absolute Gasteiger partial charge is 0.311 e. The molecule has 20 heavy (non-hydrogen) atoms. The highest BCUT2D eigenvalue weighted by Gasteiger charge is 2.21. The van der Waals surface area contributed by atoms with Gasteiger partial charge in [-0.05, 0) is 12.1 Å². The molecule has 0 atom stereocenters. The quantitative estimate of drug-likeness (QED) is 0.892. The van der Waals surface area contributed by atoms with E-state index in [9.17, 15) is 8.42 Å². The molecule has 1 aliphatic heterocycles. The summed E-state index contributed by atoms with van der Waals surface area (Å²) in [4.78, 5) is 5.75. The molecular formula is C11H10N4O2S3. The van der Waals surface area contributed by atoms with Crippen molar-refractivity contribution in [2.24, 2.45) is 0 Å². The molecule has 0 unspecified atom stereocenters.